The lowest BCUT2D eigenvalue weighted by Crippen LogP contribution is -2.52. The molecule has 0 aromatic heterocycles. The van der Waals surface area contributed by atoms with Crippen LogP contribution in [-0.4, -0.2) is 29.7 Å². The third-order valence-electron chi connectivity index (χ3n) is 1.07. The minimum absolute atomic E-state index is 0.549. The van der Waals surface area contributed by atoms with Crippen molar-refractivity contribution < 1.29 is 14.7 Å². The molecule has 0 aromatic carbocycles. The molecule has 0 aliphatic rings. The lowest BCUT2D eigenvalue weighted by Gasteiger charge is -2.16. The minimum Gasteiger partial charge on any atom is -0.381 e. The van der Waals surface area contributed by atoms with Crippen LogP contribution in [-0.2, 0) is 4.79 Å². The summed E-state index contributed by atoms with van der Waals surface area (Å²) in [4.78, 5) is 21.4. The van der Waals surface area contributed by atoms with E-state index in [4.69, 9.17) is 5.11 Å². The minimum atomic E-state index is -1.50. The standard InChI is InChI=1S/C6H13N3O3/c1-6(2,12)4(10)8-9-5(11)7-3/h12H,1-3H3,(H,8,10)(H2,7,9,11). The molecule has 0 aliphatic heterocycles. The third-order valence-corrected chi connectivity index (χ3v) is 1.07. The predicted molar refractivity (Wildman–Crippen MR) is 42.0 cm³/mol. The van der Waals surface area contributed by atoms with Gasteiger partial charge in [0, 0.05) is 7.05 Å². The van der Waals surface area contributed by atoms with Gasteiger partial charge in [-0.1, -0.05) is 0 Å². The van der Waals surface area contributed by atoms with Crippen molar-refractivity contribution in [3.8, 4) is 0 Å². The Kier molecular flexibility index (Phi) is 3.49. The van der Waals surface area contributed by atoms with E-state index in [1.807, 2.05) is 10.9 Å². The molecule has 6 nitrogen and oxygen atoms in total. The quantitative estimate of drug-likeness (QED) is 0.374. The fourth-order valence-electron chi connectivity index (χ4n) is 0.329. The van der Waals surface area contributed by atoms with Crippen LogP contribution in [0.4, 0.5) is 4.79 Å². The molecule has 0 bridgehead atoms. The number of rotatable bonds is 1. The van der Waals surface area contributed by atoms with Gasteiger partial charge in [0.15, 0.2) is 0 Å². The number of hydrogen-bond acceptors (Lipinski definition) is 3. The Balaban J connectivity index is 3.81. The first kappa shape index (κ1) is 10.7. The highest BCUT2D eigenvalue weighted by Gasteiger charge is 2.23. The SMILES string of the molecule is CNC(=O)NNC(=O)C(C)(C)O. The van der Waals surface area contributed by atoms with Crippen molar-refractivity contribution in [3.63, 3.8) is 0 Å². The predicted octanol–water partition coefficient (Wildman–Crippen LogP) is -1.28. The van der Waals surface area contributed by atoms with Crippen LogP contribution >= 0.6 is 0 Å². The summed E-state index contributed by atoms with van der Waals surface area (Å²) >= 11 is 0. The van der Waals surface area contributed by atoms with Gasteiger partial charge in [-0.3, -0.25) is 10.2 Å². The lowest BCUT2D eigenvalue weighted by atomic mass is 10.1. The summed E-state index contributed by atoms with van der Waals surface area (Å²) in [5.41, 5.74) is 2.55. The Morgan fingerprint density at radius 2 is 1.75 bits per heavy atom. The summed E-state index contributed by atoms with van der Waals surface area (Å²) in [6, 6.07) is -0.549. The Labute approximate surface area is 70.3 Å². The van der Waals surface area contributed by atoms with Crippen LogP contribution in [0.2, 0.25) is 0 Å². The van der Waals surface area contributed by atoms with Gasteiger partial charge in [-0.2, -0.15) is 0 Å². The lowest BCUT2D eigenvalue weighted by molar-refractivity contribution is -0.137. The van der Waals surface area contributed by atoms with Crippen LogP contribution in [0.5, 0.6) is 0 Å². The molecule has 0 fully saturated rings. The van der Waals surface area contributed by atoms with Gasteiger partial charge in [-0.15, -0.1) is 0 Å². The van der Waals surface area contributed by atoms with Crippen molar-refractivity contribution >= 4 is 11.9 Å². The molecule has 6 heteroatoms. The van der Waals surface area contributed by atoms with Crippen molar-refractivity contribution in [2.45, 2.75) is 19.4 Å². The van der Waals surface area contributed by atoms with Crippen molar-refractivity contribution in [1.82, 2.24) is 16.2 Å². The maximum atomic E-state index is 10.9. The van der Waals surface area contributed by atoms with Crippen LogP contribution in [0.1, 0.15) is 13.8 Å². The second kappa shape index (κ2) is 3.91. The van der Waals surface area contributed by atoms with Gasteiger partial charge in [0.1, 0.15) is 5.60 Å². The number of urea groups is 1. The largest absolute Gasteiger partial charge is 0.381 e. The maximum absolute atomic E-state index is 10.9. The molecule has 0 radical (unpaired) electrons. The van der Waals surface area contributed by atoms with E-state index in [0.717, 1.165) is 0 Å². The number of carbonyl (C=O) groups is 2. The molecule has 0 saturated heterocycles. The molecule has 3 amide bonds. The van der Waals surface area contributed by atoms with E-state index >= 15 is 0 Å². The normalized spacial score (nSPS) is 10.3. The summed E-state index contributed by atoms with van der Waals surface area (Å²) in [6.07, 6.45) is 0. The molecular weight excluding hydrogens is 162 g/mol. The summed E-state index contributed by atoms with van der Waals surface area (Å²) in [7, 11) is 1.41. The second-order valence-corrected chi connectivity index (χ2v) is 2.72. The van der Waals surface area contributed by atoms with E-state index in [1.54, 1.807) is 0 Å². The van der Waals surface area contributed by atoms with Crippen LogP contribution in [0.3, 0.4) is 0 Å². The van der Waals surface area contributed by atoms with Crippen molar-refractivity contribution in [1.29, 1.82) is 0 Å². The molecule has 70 valence electrons. The van der Waals surface area contributed by atoms with Gasteiger partial charge >= 0.3 is 6.03 Å². The molecule has 0 unspecified atom stereocenters. The summed E-state index contributed by atoms with van der Waals surface area (Å²) < 4.78 is 0. The van der Waals surface area contributed by atoms with Crippen LogP contribution in [0, 0.1) is 0 Å². The van der Waals surface area contributed by atoms with Crippen molar-refractivity contribution in [2.24, 2.45) is 0 Å². The molecule has 12 heavy (non-hydrogen) atoms. The highest BCUT2D eigenvalue weighted by molar-refractivity contribution is 5.86. The molecule has 4 N–H and O–H groups in total. The Morgan fingerprint density at radius 1 is 1.25 bits per heavy atom. The monoisotopic (exact) mass is 175 g/mol. The molecule has 0 saturated carbocycles. The van der Waals surface area contributed by atoms with Crippen LogP contribution in [0.25, 0.3) is 0 Å². The highest BCUT2D eigenvalue weighted by Crippen LogP contribution is 1.98. The number of hydrazine groups is 1. The number of aliphatic hydroxyl groups is 1. The number of amides is 3. The van der Waals surface area contributed by atoms with Gasteiger partial charge in [-0.05, 0) is 13.8 Å². The number of hydrogen-bond donors (Lipinski definition) is 4. The summed E-state index contributed by atoms with van der Waals surface area (Å²) in [6.45, 7) is 2.63. The average Bonchev–Trinajstić information content (AvgIpc) is 1.97. The molecule has 0 aliphatic carbocycles. The molecule has 0 spiro atoms. The van der Waals surface area contributed by atoms with Crippen LogP contribution < -0.4 is 16.2 Å². The first-order valence-electron chi connectivity index (χ1n) is 3.38. The van der Waals surface area contributed by atoms with Gasteiger partial charge in [0.2, 0.25) is 0 Å². The number of carbonyl (C=O) groups excluding carboxylic acids is 2. The topological polar surface area (TPSA) is 90.5 Å². The molecular formula is C6H13N3O3. The summed E-state index contributed by atoms with van der Waals surface area (Å²) in [5, 5.41) is 11.3. The van der Waals surface area contributed by atoms with Crippen molar-refractivity contribution in [2.75, 3.05) is 7.05 Å². The molecule has 0 rings (SSSR count). The first-order chi connectivity index (χ1) is 5.38. The van der Waals surface area contributed by atoms with E-state index in [1.165, 1.54) is 20.9 Å². The Hall–Kier alpha value is -1.30. The van der Waals surface area contributed by atoms with E-state index in [9.17, 15) is 9.59 Å². The van der Waals surface area contributed by atoms with Crippen molar-refractivity contribution in [3.05, 3.63) is 0 Å². The summed E-state index contributed by atoms with van der Waals surface area (Å²) in [5.74, 6) is -0.675. The second-order valence-electron chi connectivity index (χ2n) is 2.72. The zero-order chi connectivity index (χ0) is 9.78. The Bertz CT molecular complexity index is 185. The zero-order valence-electron chi connectivity index (χ0n) is 7.26. The van der Waals surface area contributed by atoms with E-state index in [0.29, 0.717) is 0 Å². The highest BCUT2D eigenvalue weighted by atomic mass is 16.3. The van der Waals surface area contributed by atoms with Gasteiger partial charge < -0.3 is 10.4 Å². The van der Waals surface area contributed by atoms with E-state index in [2.05, 4.69) is 5.32 Å². The fraction of sp³-hybridized carbons (Fsp3) is 0.667. The molecule has 0 heterocycles. The van der Waals surface area contributed by atoms with Gasteiger partial charge in [0.05, 0.1) is 0 Å². The third kappa shape index (κ3) is 3.77. The van der Waals surface area contributed by atoms with E-state index in [-0.39, 0.29) is 0 Å². The first-order valence-corrected chi connectivity index (χ1v) is 3.38. The fourth-order valence-corrected chi connectivity index (χ4v) is 0.329. The smallest absolute Gasteiger partial charge is 0.333 e. The van der Waals surface area contributed by atoms with Crippen LogP contribution in [0.15, 0.2) is 0 Å². The van der Waals surface area contributed by atoms with Gasteiger partial charge in [-0.25, -0.2) is 10.2 Å². The number of nitrogens with one attached hydrogen (secondary N) is 3. The molecule has 0 atom stereocenters. The average molecular weight is 175 g/mol. The zero-order valence-corrected chi connectivity index (χ0v) is 7.26. The molecule has 0 aromatic rings. The Morgan fingerprint density at radius 3 is 2.08 bits per heavy atom. The van der Waals surface area contributed by atoms with E-state index < -0.39 is 17.5 Å². The maximum Gasteiger partial charge on any atom is 0.333 e. The van der Waals surface area contributed by atoms with Gasteiger partial charge in [0.25, 0.3) is 5.91 Å².